The zero-order valence-corrected chi connectivity index (χ0v) is 16.2. The fraction of sp³-hybridized carbons (Fsp3) is 0.286. The summed E-state index contributed by atoms with van der Waals surface area (Å²) in [6, 6.07) is 14.2. The number of ether oxygens (including phenoxy) is 1. The number of likely N-dealkylation sites (tertiary alicyclic amines) is 1. The number of carbonyl (C=O) groups is 1. The first kappa shape index (κ1) is 18.5. The summed E-state index contributed by atoms with van der Waals surface area (Å²) in [5.41, 5.74) is 1.41. The van der Waals surface area contributed by atoms with Gasteiger partial charge >= 0.3 is 0 Å². The molecule has 0 radical (unpaired) electrons. The van der Waals surface area contributed by atoms with E-state index < -0.39 is 0 Å². The predicted molar refractivity (Wildman–Crippen MR) is 105 cm³/mol. The summed E-state index contributed by atoms with van der Waals surface area (Å²) < 4.78 is 10.8. The maximum absolute atomic E-state index is 13.0. The summed E-state index contributed by atoms with van der Waals surface area (Å²) in [5, 5.41) is 4.72. The average molecular weight is 398 g/mol. The van der Waals surface area contributed by atoms with E-state index >= 15 is 0 Å². The monoisotopic (exact) mass is 397 g/mol. The molecule has 3 aromatic rings. The third kappa shape index (κ3) is 3.73. The van der Waals surface area contributed by atoms with Crippen molar-refractivity contribution in [3.05, 3.63) is 65.0 Å². The highest BCUT2D eigenvalue weighted by atomic mass is 35.5. The summed E-state index contributed by atoms with van der Waals surface area (Å²) in [7, 11) is 1.61. The molecule has 2 aromatic carbocycles. The minimum atomic E-state index is -0.233. The number of amides is 1. The second-order valence-corrected chi connectivity index (χ2v) is 7.14. The van der Waals surface area contributed by atoms with Crippen LogP contribution in [0.25, 0.3) is 11.4 Å². The Balaban J connectivity index is 1.60. The van der Waals surface area contributed by atoms with E-state index in [0.717, 1.165) is 30.6 Å². The lowest BCUT2D eigenvalue weighted by Gasteiger charge is -2.33. The van der Waals surface area contributed by atoms with E-state index in [-0.39, 0.29) is 11.9 Å². The Kier molecular flexibility index (Phi) is 5.30. The van der Waals surface area contributed by atoms with E-state index in [0.29, 0.717) is 28.8 Å². The van der Waals surface area contributed by atoms with Gasteiger partial charge in [-0.15, -0.1) is 0 Å². The molecule has 0 spiro atoms. The molecule has 1 saturated heterocycles. The summed E-state index contributed by atoms with van der Waals surface area (Å²) in [5.74, 6) is 1.61. The molecule has 1 atom stereocenters. The van der Waals surface area contributed by atoms with Gasteiger partial charge in [-0.05, 0) is 55.7 Å². The van der Waals surface area contributed by atoms with E-state index in [1.165, 1.54) is 0 Å². The zero-order valence-electron chi connectivity index (χ0n) is 15.5. The van der Waals surface area contributed by atoms with Crippen molar-refractivity contribution in [2.24, 2.45) is 0 Å². The van der Waals surface area contributed by atoms with Crippen LogP contribution in [-0.4, -0.2) is 34.6 Å². The maximum Gasteiger partial charge on any atom is 0.254 e. The molecule has 1 amide bonds. The van der Waals surface area contributed by atoms with Crippen LogP contribution in [0.1, 0.15) is 41.6 Å². The molecule has 6 nitrogen and oxygen atoms in total. The Bertz CT molecular complexity index is 971. The van der Waals surface area contributed by atoms with Gasteiger partial charge in [-0.25, -0.2) is 0 Å². The Labute approximate surface area is 168 Å². The highest BCUT2D eigenvalue weighted by molar-refractivity contribution is 6.30. The van der Waals surface area contributed by atoms with Gasteiger partial charge in [0.25, 0.3) is 5.91 Å². The molecule has 0 unspecified atom stereocenters. The lowest BCUT2D eigenvalue weighted by molar-refractivity contribution is 0.0561. The molecular formula is C21H20ClN3O3. The minimum absolute atomic E-state index is 0.0532. The van der Waals surface area contributed by atoms with Gasteiger partial charge in [-0.1, -0.05) is 28.9 Å². The van der Waals surface area contributed by atoms with Crippen molar-refractivity contribution in [3.8, 4) is 17.1 Å². The van der Waals surface area contributed by atoms with E-state index in [9.17, 15) is 4.79 Å². The molecule has 28 heavy (non-hydrogen) atoms. The van der Waals surface area contributed by atoms with Crippen molar-refractivity contribution in [2.45, 2.75) is 25.3 Å². The van der Waals surface area contributed by atoms with Crippen LogP contribution in [0.2, 0.25) is 5.02 Å². The zero-order chi connectivity index (χ0) is 19.5. The van der Waals surface area contributed by atoms with Crippen LogP contribution in [0.15, 0.2) is 53.1 Å². The van der Waals surface area contributed by atoms with Crippen LogP contribution >= 0.6 is 11.6 Å². The van der Waals surface area contributed by atoms with Crippen molar-refractivity contribution in [1.29, 1.82) is 0 Å². The highest BCUT2D eigenvalue weighted by Crippen LogP contribution is 2.33. The topological polar surface area (TPSA) is 68.5 Å². The van der Waals surface area contributed by atoms with Gasteiger partial charge < -0.3 is 14.2 Å². The third-order valence-electron chi connectivity index (χ3n) is 4.91. The molecule has 1 aromatic heterocycles. The number of hydrogen-bond donors (Lipinski definition) is 0. The largest absolute Gasteiger partial charge is 0.497 e. The quantitative estimate of drug-likeness (QED) is 0.634. The fourth-order valence-corrected chi connectivity index (χ4v) is 3.57. The molecule has 1 fully saturated rings. The number of methoxy groups -OCH3 is 1. The van der Waals surface area contributed by atoms with Gasteiger partial charge in [0, 0.05) is 22.7 Å². The molecule has 0 saturated carbocycles. The van der Waals surface area contributed by atoms with Gasteiger partial charge in [-0.2, -0.15) is 4.98 Å². The normalized spacial score (nSPS) is 16.8. The molecule has 1 aliphatic heterocycles. The lowest BCUT2D eigenvalue weighted by Crippen LogP contribution is -2.38. The average Bonchev–Trinajstić information content (AvgIpc) is 3.24. The summed E-state index contributed by atoms with van der Waals surface area (Å²) in [4.78, 5) is 19.4. The van der Waals surface area contributed by atoms with Gasteiger partial charge in [0.2, 0.25) is 11.7 Å². The third-order valence-corrected chi connectivity index (χ3v) is 5.16. The molecule has 0 N–H and O–H groups in total. The first-order valence-electron chi connectivity index (χ1n) is 9.20. The van der Waals surface area contributed by atoms with E-state index in [1.54, 1.807) is 31.4 Å². The second kappa shape index (κ2) is 8.02. The number of carbonyl (C=O) groups excluding carboxylic acids is 1. The summed E-state index contributed by atoms with van der Waals surface area (Å²) >= 11 is 5.94. The fourth-order valence-electron chi connectivity index (χ4n) is 3.44. The highest BCUT2D eigenvalue weighted by Gasteiger charge is 2.32. The first-order valence-corrected chi connectivity index (χ1v) is 9.58. The van der Waals surface area contributed by atoms with Gasteiger partial charge in [0.15, 0.2) is 0 Å². The van der Waals surface area contributed by atoms with E-state index in [2.05, 4.69) is 10.1 Å². The summed E-state index contributed by atoms with van der Waals surface area (Å²) in [6.45, 7) is 0.656. The molecule has 4 rings (SSSR count). The van der Waals surface area contributed by atoms with Crippen LogP contribution in [0.3, 0.4) is 0 Å². The van der Waals surface area contributed by atoms with Crippen molar-refractivity contribution in [3.63, 3.8) is 0 Å². The Morgan fingerprint density at radius 1 is 1.21 bits per heavy atom. The van der Waals surface area contributed by atoms with Gasteiger partial charge in [-0.3, -0.25) is 4.79 Å². The van der Waals surface area contributed by atoms with Crippen molar-refractivity contribution >= 4 is 17.5 Å². The molecule has 7 heteroatoms. The number of nitrogens with zero attached hydrogens (tertiary/aromatic N) is 3. The number of halogens is 1. The van der Waals surface area contributed by atoms with Crippen molar-refractivity contribution in [2.75, 3.05) is 13.7 Å². The lowest BCUT2D eigenvalue weighted by atomic mass is 10.0. The van der Waals surface area contributed by atoms with Crippen molar-refractivity contribution < 1.29 is 14.1 Å². The van der Waals surface area contributed by atoms with E-state index in [1.807, 2.05) is 29.2 Å². The molecule has 144 valence electrons. The number of rotatable bonds is 4. The van der Waals surface area contributed by atoms with Crippen LogP contribution < -0.4 is 4.74 Å². The van der Waals surface area contributed by atoms with Crippen molar-refractivity contribution in [1.82, 2.24) is 15.0 Å². The van der Waals surface area contributed by atoms with Gasteiger partial charge in [0.1, 0.15) is 11.8 Å². The van der Waals surface area contributed by atoms with Crippen LogP contribution in [-0.2, 0) is 0 Å². The molecule has 0 aliphatic carbocycles. The van der Waals surface area contributed by atoms with E-state index in [4.69, 9.17) is 20.9 Å². The number of benzene rings is 2. The van der Waals surface area contributed by atoms with Gasteiger partial charge in [0.05, 0.1) is 7.11 Å². The minimum Gasteiger partial charge on any atom is -0.497 e. The number of hydrogen-bond acceptors (Lipinski definition) is 5. The SMILES string of the molecule is COc1cccc(-c2noc([C@H]3CCCCN3C(=O)c3ccc(Cl)cc3)n2)c1. The van der Waals surface area contributed by atoms with Crippen LogP contribution in [0, 0.1) is 0 Å². The predicted octanol–water partition coefficient (Wildman–Crippen LogP) is 4.77. The smallest absolute Gasteiger partial charge is 0.254 e. The number of aromatic nitrogens is 2. The molecular weight excluding hydrogens is 378 g/mol. The molecule has 1 aliphatic rings. The number of piperidine rings is 1. The second-order valence-electron chi connectivity index (χ2n) is 6.71. The Hall–Kier alpha value is -2.86. The first-order chi connectivity index (χ1) is 13.7. The summed E-state index contributed by atoms with van der Waals surface area (Å²) in [6.07, 6.45) is 2.75. The maximum atomic E-state index is 13.0. The molecule has 2 heterocycles. The standard InChI is InChI=1S/C21H20ClN3O3/c1-27-17-6-4-5-15(13-17)19-23-20(28-24-19)18-7-2-3-12-25(18)21(26)14-8-10-16(22)11-9-14/h4-6,8-11,13,18H,2-3,7,12H2,1H3/t18-/m1/s1. The Morgan fingerprint density at radius 3 is 2.82 bits per heavy atom. The molecule has 0 bridgehead atoms. The Morgan fingerprint density at radius 2 is 2.04 bits per heavy atom. The van der Waals surface area contributed by atoms with Crippen LogP contribution in [0.4, 0.5) is 0 Å². The van der Waals surface area contributed by atoms with Crippen LogP contribution in [0.5, 0.6) is 5.75 Å².